The standard InChI is InChI=1S/C17H20N4OS.C13H14N2O2S/c1-20(2)12-8-9-18-16-13(12)14-15(23-16)17(22)21(10-19-14)11-6-4-3-5-7-11;1-3-12-14-8-11(18)13(16)15(12)9-4-6-10(17-2)7-5-9/h8-11H,3-7H2,1-2H3;4-8,18H,3H2,1-2H3. The van der Waals surface area contributed by atoms with Crippen molar-refractivity contribution in [2.45, 2.75) is 56.4 Å². The van der Waals surface area contributed by atoms with Crippen LogP contribution >= 0.6 is 24.0 Å². The lowest BCUT2D eigenvalue weighted by molar-refractivity contribution is 0.345. The lowest BCUT2D eigenvalue weighted by atomic mass is 9.95. The summed E-state index contributed by atoms with van der Waals surface area (Å²) in [5, 5.41) is 0.991. The number of hydrogen-bond acceptors (Lipinski definition) is 9. The van der Waals surface area contributed by atoms with Gasteiger partial charge in [0.25, 0.3) is 11.1 Å². The molecule has 0 bridgehead atoms. The molecule has 4 aromatic heterocycles. The molecule has 6 rings (SSSR count). The van der Waals surface area contributed by atoms with Crippen molar-refractivity contribution in [3.05, 3.63) is 75.6 Å². The van der Waals surface area contributed by atoms with E-state index in [0.717, 1.165) is 50.4 Å². The fraction of sp³-hybridized carbons (Fsp3) is 0.367. The number of rotatable bonds is 5. The normalized spacial score (nSPS) is 13.7. The zero-order valence-electron chi connectivity index (χ0n) is 23.7. The lowest BCUT2D eigenvalue weighted by Crippen LogP contribution is -2.26. The highest BCUT2D eigenvalue weighted by atomic mass is 32.1. The van der Waals surface area contributed by atoms with Crippen molar-refractivity contribution in [3.63, 3.8) is 0 Å². The third-order valence-electron chi connectivity index (χ3n) is 7.40. The Balaban J connectivity index is 0.000000170. The number of anilines is 1. The number of thiol groups is 1. The molecular weight excluding hydrogens is 557 g/mol. The van der Waals surface area contributed by atoms with Crippen LogP contribution < -0.4 is 20.8 Å². The van der Waals surface area contributed by atoms with Crippen LogP contribution in [0, 0.1) is 0 Å². The van der Waals surface area contributed by atoms with Gasteiger partial charge in [0.05, 0.1) is 40.6 Å². The van der Waals surface area contributed by atoms with E-state index in [1.807, 2.05) is 60.8 Å². The summed E-state index contributed by atoms with van der Waals surface area (Å²) in [5.74, 6) is 1.46. The minimum Gasteiger partial charge on any atom is -0.497 e. The molecule has 1 fully saturated rings. The van der Waals surface area contributed by atoms with Gasteiger partial charge in [-0.1, -0.05) is 26.2 Å². The fourth-order valence-corrected chi connectivity index (χ4v) is 6.48. The molecule has 5 aromatic rings. The predicted molar refractivity (Wildman–Crippen MR) is 169 cm³/mol. The third-order valence-corrected chi connectivity index (χ3v) is 8.78. The number of aryl methyl sites for hydroxylation is 1. The van der Waals surface area contributed by atoms with Crippen molar-refractivity contribution in [2.24, 2.45) is 0 Å². The molecule has 11 heteroatoms. The molecule has 0 radical (unpaired) electrons. The van der Waals surface area contributed by atoms with Gasteiger partial charge in [0.1, 0.15) is 21.1 Å². The maximum Gasteiger partial charge on any atom is 0.271 e. The van der Waals surface area contributed by atoms with Crippen LogP contribution in [-0.4, -0.2) is 45.3 Å². The number of hydrogen-bond donors (Lipinski definition) is 1. The van der Waals surface area contributed by atoms with Crippen LogP contribution in [0.15, 0.2) is 63.5 Å². The quantitative estimate of drug-likeness (QED) is 0.264. The van der Waals surface area contributed by atoms with E-state index in [4.69, 9.17) is 4.74 Å². The van der Waals surface area contributed by atoms with Gasteiger partial charge in [0.2, 0.25) is 0 Å². The van der Waals surface area contributed by atoms with Gasteiger partial charge >= 0.3 is 0 Å². The zero-order chi connectivity index (χ0) is 29.1. The van der Waals surface area contributed by atoms with E-state index in [9.17, 15) is 9.59 Å². The van der Waals surface area contributed by atoms with E-state index in [2.05, 4.69) is 27.6 Å². The van der Waals surface area contributed by atoms with Crippen LogP contribution in [0.1, 0.15) is 50.9 Å². The summed E-state index contributed by atoms with van der Waals surface area (Å²) >= 11 is 5.59. The van der Waals surface area contributed by atoms with Crippen LogP contribution in [0.25, 0.3) is 26.1 Å². The molecule has 0 amide bonds. The number of fused-ring (bicyclic) bond motifs is 3. The van der Waals surface area contributed by atoms with Crippen molar-refractivity contribution in [1.82, 2.24) is 24.1 Å². The SMILES string of the molecule is CCc1ncc(S)c(=O)n1-c1ccc(OC)cc1.CN(C)c1ccnc2sc3c(=O)n(C4CCCCC4)cnc3c12. The van der Waals surface area contributed by atoms with E-state index < -0.39 is 0 Å². The number of ether oxygens (including phenoxy) is 1. The first-order chi connectivity index (χ1) is 19.8. The Morgan fingerprint density at radius 2 is 1.76 bits per heavy atom. The molecule has 0 spiro atoms. The number of thiophene rings is 1. The minimum absolute atomic E-state index is 0.0922. The highest BCUT2D eigenvalue weighted by molar-refractivity contribution is 7.80. The van der Waals surface area contributed by atoms with Gasteiger partial charge in [-0.15, -0.1) is 24.0 Å². The molecule has 41 heavy (non-hydrogen) atoms. The van der Waals surface area contributed by atoms with Gasteiger partial charge in [-0.05, 0) is 43.2 Å². The van der Waals surface area contributed by atoms with Gasteiger partial charge in [0, 0.05) is 39.0 Å². The maximum absolute atomic E-state index is 13.0. The molecule has 1 aromatic carbocycles. The van der Waals surface area contributed by atoms with E-state index in [1.54, 1.807) is 24.2 Å². The minimum atomic E-state index is -0.157. The molecule has 0 aliphatic heterocycles. The van der Waals surface area contributed by atoms with Crippen molar-refractivity contribution >= 4 is 50.1 Å². The van der Waals surface area contributed by atoms with Gasteiger partial charge < -0.3 is 9.64 Å². The van der Waals surface area contributed by atoms with Crippen LogP contribution in [0.5, 0.6) is 5.75 Å². The molecule has 214 valence electrons. The predicted octanol–water partition coefficient (Wildman–Crippen LogP) is 5.67. The Hall–Kier alpha value is -3.70. The number of benzene rings is 1. The summed E-state index contributed by atoms with van der Waals surface area (Å²) in [6.45, 7) is 1.96. The smallest absolute Gasteiger partial charge is 0.271 e. The number of nitrogens with zero attached hydrogens (tertiary/aromatic N) is 6. The summed E-state index contributed by atoms with van der Waals surface area (Å²) in [4.78, 5) is 41.7. The average Bonchev–Trinajstić information content (AvgIpc) is 3.39. The summed E-state index contributed by atoms with van der Waals surface area (Å²) in [6, 6.07) is 9.56. The number of aromatic nitrogens is 5. The Bertz CT molecular complexity index is 1790. The molecular formula is C30H34N6O3S2. The van der Waals surface area contributed by atoms with Crippen molar-refractivity contribution in [1.29, 1.82) is 0 Å². The number of pyridine rings is 1. The van der Waals surface area contributed by atoms with Crippen molar-refractivity contribution in [3.8, 4) is 11.4 Å². The topological polar surface area (TPSA) is 95.1 Å². The Labute approximate surface area is 247 Å². The molecule has 0 saturated heterocycles. The molecule has 1 aliphatic rings. The molecule has 0 atom stereocenters. The Morgan fingerprint density at radius 1 is 1.02 bits per heavy atom. The van der Waals surface area contributed by atoms with E-state index in [0.29, 0.717) is 23.2 Å². The Kier molecular flexibility index (Phi) is 8.74. The first-order valence-electron chi connectivity index (χ1n) is 13.7. The maximum atomic E-state index is 13.0. The van der Waals surface area contributed by atoms with Gasteiger partial charge in [-0.25, -0.2) is 15.0 Å². The number of methoxy groups -OCH3 is 1. The highest BCUT2D eigenvalue weighted by Gasteiger charge is 2.21. The van der Waals surface area contributed by atoms with E-state index in [1.165, 1.54) is 36.8 Å². The monoisotopic (exact) mass is 590 g/mol. The van der Waals surface area contributed by atoms with Crippen molar-refractivity contribution < 1.29 is 4.74 Å². The third kappa shape index (κ3) is 5.73. The second kappa shape index (κ2) is 12.4. The molecule has 0 unspecified atom stereocenters. The highest BCUT2D eigenvalue weighted by Crippen LogP contribution is 2.36. The summed E-state index contributed by atoms with van der Waals surface area (Å²) in [5.41, 5.74) is 2.55. The van der Waals surface area contributed by atoms with Crippen molar-refractivity contribution in [2.75, 3.05) is 26.1 Å². The molecule has 4 heterocycles. The van der Waals surface area contributed by atoms with Gasteiger partial charge in [0.15, 0.2) is 0 Å². The fourth-order valence-electron chi connectivity index (χ4n) is 5.27. The zero-order valence-corrected chi connectivity index (χ0v) is 25.4. The van der Waals surface area contributed by atoms with Gasteiger partial charge in [-0.2, -0.15) is 0 Å². The van der Waals surface area contributed by atoms with E-state index >= 15 is 0 Å². The summed E-state index contributed by atoms with van der Waals surface area (Å²) in [6.07, 6.45) is 11.6. The van der Waals surface area contributed by atoms with E-state index in [-0.39, 0.29) is 11.1 Å². The first-order valence-corrected chi connectivity index (χ1v) is 15.0. The van der Waals surface area contributed by atoms with Crippen LogP contribution in [0.2, 0.25) is 0 Å². The lowest BCUT2D eigenvalue weighted by Gasteiger charge is -2.23. The molecule has 1 saturated carbocycles. The summed E-state index contributed by atoms with van der Waals surface area (Å²) in [7, 11) is 5.61. The largest absolute Gasteiger partial charge is 0.497 e. The second-order valence-electron chi connectivity index (χ2n) is 10.2. The second-order valence-corrected chi connectivity index (χ2v) is 11.7. The average molecular weight is 591 g/mol. The molecule has 1 aliphatic carbocycles. The van der Waals surface area contributed by atoms with Crippen LogP contribution in [0.4, 0.5) is 5.69 Å². The summed E-state index contributed by atoms with van der Waals surface area (Å²) < 4.78 is 9.25. The molecule has 9 nitrogen and oxygen atoms in total. The Morgan fingerprint density at radius 3 is 2.41 bits per heavy atom. The van der Waals surface area contributed by atoms with Crippen LogP contribution in [0.3, 0.4) is 0 Å². The van der Waals surface area contributed by atoms with Gasteiger partial charge in [-0.3, -0.25) is 18.7 Å². The molecule has 0 N–H and O–H groups in total. The van der Waals surface area contributed by atoms with Crippen LogP contribution in [-0.2, 0) is 6.42 Å². The first kappa shape index (κ1) is 28.8.